The molecule has 0 fully saturated rings. The molecular formula is C13H12BrN3O3. The minimum absolute atomic E-state index is 0.116. The van der Waals surface area contributed by atoms with Gasteiger partial charge in [-0.15, -0.1) is 0 Å². The summed E-state index contributed by atoms with van der Waals surface area (Å²) in [7, 11) is 0. The smallest absolute Gasteiger partial charge is 0.312 e. The molecule has 1 aromatic carbocycles. The second-order valence-electron chi connectivity index (χ2n) is 3.86. The molecule has 2 rings (SSSR count). The lowest BCUT2D eigenvalue weighted by Gasteiger charge is -2.07. The molecule has 0 bridgehead atoms. The number of pyridine rings is 1. The van der Waals surface area contributed by atoms with E-state index in [1.54, 1.807) is 24.3 Å². The Morgan fingerprint density at radius 3 is 2.90 bits per heavy atom. The number of anilines is 1. The predicted octanol–water partition coefficient (Wildman–Crippen LogP) is 3.98. The summed E-state index contributed by atoms with van der Waals surface area (Å²) in [4.78, 5) is 14.7. The maximum absolute atomic E-state index is 11.0. The maximum Gasteiger partial charge on any atom is 0.312 e. The highest BCUT2D eigenvalue weighted by Crippen LogP contribution is 2.33. The fourth-order valence-electron chi connectivity index (χ4n) is 1.58. The molecule has 0 amide bonds. The molecule has 0 spiro atoms. The molecule has 0 saturated heterocycles. The Kier molecular flexibility index (Phi) is 4.52. The monoisotopic (exact) mass is 337 g/mol. The van der Waals surface area contributed by atoms with Gasteiger partial charge in [-0.3, -0.25) is 10.1 Å². The van der Waals surface area contributed by atoms with Gasteiger partial charge in [-0.25, -0.2) is 0 Å². The lowest BCUT2D eigenvalue weighted by Crippen LogP contribution is -2.00. The number of nitro groups is 1. The molecule has 7 heteroatoms. The number of hydrogen-bond acceptors (Lipinski definition) is 5. The van der Waals surface area contributed by atoms with Gasteiger partial charge in [0.15, 0.2) is 0 Å². The average Bonchev–Trinajstić information content (AvgIpc) is 2.41. The fourth-order valence-corrected chi connectivity index (χ4v) is 1.93. The van der Waals surface area contributed by atoms with Gasteiger partial charge in [0.05, 0.1) is 4.92 Å². The molecule has 20 heavy (non-hydrogen) atoms. The quantitative estimate of drug-likeness (QED) is 0.659. The van der Waals surface area contributed by atoms with Crippen molar-refractivity contribution in [2.45, 2.75) is 6.92 Å². The zero-order chi connectivity index (χ0) is 14.5. The van der Waals surface area contributed by atoms with E-state index in [-0.39, 0.29) is 11.4 Å². The molecule has 0 unspecified atom stereocenters. The molecule has 2 aromatic rings. The zero-order valence-electron chi connectivity index (χ0n) is 10.7. The van der Waals surface area contributed by atoms with Crippen LogP contribution >= 0.6 is 15.9 Å². The van der Waals surface area contributed by atoms with Gasteiger partial charge in [0, 0.05) is 23.2 Å². The van der Waals surface area contributed by atoms with Crippen molar-refractivity contribution in [2.75, 3.05) is 11.9 Å². The van der Waals surface area contributed by atoms with Crippen LogP contribution in [-0.2, 0) is 0 Å². The van der Waals surface area contributed by atoms with Crippen molar-refractivity contribution < 1.29 is 9.66 Å². The highest BCUT2D eigenvalue weighted by Gasteiger charge is 2.16. The van der Waals surface area contributed by atoms with Crippen LogP contribution in [0.3, 0.4) is 0 Å². The lowest BCUT2D eigenvalue weighted by molar-refractivity contribution is -0.385. The molecule has 1 aromatic heterocycles. The molecule has 1 heterocycles. The van der Waals surface area contributed by atoms with E-state index in [1.165, 1.54) is 12.1 Å². The number of halogens is 1. The van der Waals surface area contributed by atoms with Crippen LogP contribution in [0.5, 0.6) is 11.6 Å². The van der Waals surface area contributed by atoms with Crippen LogP contribution in [0, 0.1) is 10.1 Å². The molecular weight excluding hydrogens is 326 g/mol. The second kappa shape index (κ2) is 6.33. The maximum atomic E-state index is 11.0. The van der Waals surface area contributed by atoms with Crippen LogP contribution in [0.1, 0.15) is 6.92 Å². The van der Waals surface area contributed by atoms with Crippen molar-refractivity contribution in [3.8, 4) is 11.6 Å². The number of rotatable bonds is 5. The number of ether oxygens (including phenoxy) is 1. The van der Waals surface area contributed by atoms with E-state index in [4.69, 9.17) is 4.74 Å². The number of benzene rings is 1. The average molecular weight is 338 g/mol. The normalized spacial score (nSPS) is 10.1. The largest absolute Gasteiger partial charge is 0.432 e. The Morgan fingerprint density at radius 1 is 1.40 bits per heavy atom. The predicted molar refractivity (Wildman–Crippen MR) is 79.3 cm³/mol. The summed E-state index contributed by atoms with van der Waals surface area (Å²) < 4.78 is 6.12. The van der Waals surface area contributed by atoms with E-state index in [0.717, 1.165) is 6.54 Å². The van der Waals surface area contributed by atoms with E-state index in [9.17, 15) is 10.1 Å². The molecule has 0 aliphatic carbocycles. The number of nitrogens with zero attached hydrogens (tertiary/aromatic N) is 2. The van der Waals surface area contributed by atoms with E-state index >= 15 is 0 Å². The van der Waals surface area contributed by atoms with E-state index in [2.05, 4.69) is 26.2 Å². The van der Waals surface area contributed by atoms with Gasteiger partial charge in [-0.05, 0) is 25.1 Å². The highest BCUT2D eigenvalue weighted by molar-refractivity contribution is 9.10. The van der Waals surface area contributed by atoms with Crippen molar-refractivity contribution in [1.29, 1.82) is 0 Å². The van der Waals surface area contributed by atoms with Gasteiger partial charge in [0.25, 0.3) is 0 Å². The topological polar surface area (TPSA) is 77.3 Å². The van der Waals surface area contributed by atoms with Crippen LogP contribution in [-0.4, -0.2) is 16.5 Å². The summed E-state index contributed by atoms with van der Waals surface area (Å²) in [5.41, 5.74) is -0.116. The summed E-state index contributed by atoms with van der Waals surface area (Å²) in [6.45, 7) is 2.68. The second-order valence-corrected chi connectivity index (χ2v) is 4.78. The molecule has 0 aliphatic rings. The first-order valence-corrected chi connectivity index (χ1v) is 6.72. The van der Waals surface area contributed by atoms with Gasteiger partial charge in [-0.1, -0.05) is 22.0 Å². The van der Waals surface area contributed by atoms with E-state index in [1.807, 2.05) is 6.92 Å². The molecule has 0 saturated carbocycles. The molecule has 0 atom stereocenters. The number of nitrogens with one attached hydrogen (secondary N) is 1. The third-order valence-corrected chi connectivity index (χ3v) is 2.91. The van der Waals surface area contributed by atoms with Crippen LogP contribution in [0.2, 0.25) is 0 Å². The van der Waals surface area contributed by atoms with Crippen LogP contribution in [0.25, 0.3) is 0 Å². The lowest BCUT2D eigenvalue weighted by atomic mass is 10.3. The number of hydrogen-bond donors (Lipinski definition) is 1. The fraction of sp³-hybridized carbons (Fsp3) is 0.154. The van der Waals surface area contributed by atoms with E-state index in [0.29, 0.717) is 16.2 Å². The van der Waals surface area contributed by atoms with Crippen LogP contribution in [0.4, 0.5) is 11.5 Å². The Labute approximate surface area is 124 Å². The number of nitro benzene ring substituents is 1. The van der Waals surface area contributed by atoms with Gasteiger partial charge in [0.1, 0.15) is 5.82 Å². The van der Waals surface area contributed by atoms with Crippen LogP contribution in [0.15, 0.2) is 40.9 Å². The van der Waals surface area contributed by atoms with Crippen molar-refractivity contribution in [1.82, 2.24) is 4.98 Å². The Bertz CT molecular complexity index is 634. The molecule has 6 nitrogen and oxygen atoms in total. The first kappa shape index (κ1) is 14.3. The molecule has 104 valence electrons. The number of aromatic nitrogens is 1. The van der Waals surface area contributed by atoms with Gasteiger partial charge in [0.2, 0.25) is 11.6 Å². The summed E-state index contributed by atoms with van der Waals surface area (Å²) in [5, 5.41) is 14.1. The Morgan fingerprint density at radius 2 is 2.20 bits per heavy atom. The minimum Gasteiger partial charge on any atom is -0.432 e. The third-order valence-electron chi connectivity index (χ3n) is 2.41. The first-order valence-electron chi connectivity index (χ1n) is 5.93. The molecule has 1 N–H and O–H groups in total. The Balaban J connectivity index is 2.30. The summed E-state index contributed by atoms with van der Waals surface area (Å²) >= 11 is 3.20. The Hall–Kier alpha value is -2.15. The van der Waals surface area contributed by atoms with E-state index < -0.39 is 4.92 Å². The van der Waals surface area contributed by atoms with Gasteiger partial charge < -0.3 is 10.1 Å². The van der Waals surface area contributed by atoms with Crippen molar-refractivity contribution in [3.63, 3.8) is 0 Å². The molecule has 0 aliphatic heterocycles. The zero-order valence-corrected chi connectivity index (χ0v) is 12.3. The summed E-state index contributed by atoms with van der Waals surface area (Å²) in [6.07, 6.45) is 0. The van der Waals surface area contributed by atoms with Crippen LogP contribution < -0.4 is 10.1 Å². The van der Waals surface area contributed by atoms with Crippen molar-refractivity contribution in [3.05, 3.63) is 51.0 Å². The SMILES string of the molecule is CCNc1cccc(Oc2ccc(Br)cc2[N+](=O)[O-])n1. The molecule has 0 radical (unpaired) electrons. The first-order chi connectivity index (χ1) is 9.60. The standard InChI is InChI=1S/C13H12BrN3O3/c1-2-15-12-4-3-5-13(16-12)20-11-7-6-9(14)8-10(11)17(18)19/h3-8H,2H2,1H3,(H,15,16). The highest BCUT2D eigenvalue weighted by atomic mass is 79.9. The summed E-state index contributed by atoms with van der Waals surface area (Å²) in [6, 6.07) is 9.81. The van der Waals surface area contributed by atoms with Crippen molar-refractivity contribution in [2.24, 2.45) is 0 Å². The van der Waals surface area contributed by atoms with Crippen molar-refractivity contribution >= 4 is 27.4 Å². The minimum atomic E-state index is -0.492. The van der Waals surface area contributed by atoms with Gasteiger partial charge in [-0.2, -0.15) is 4.98 Å². The van der Waals surface area contributed by atoms with Gasteiger partial charge >= 0.3 is 5.69 Å². The summed E-state index contributed by atoms with van der Waals surface area (Å²) in [5.74, 6) is 1.11. The third kappa shape index (κ3) is 3.45.